The minimum Gasteiger partial charge on any atom is -0.489 e. The number of rotatable bonds is 6. The van der Waals surface area contributed by atoms with E-state index in [-0.39, 0.29) is 23.9 Å². The van der Waals surface area contributed by atoms with E-state index >= 15 is 0 Å². The minimum atomic E-state index is -0.283. The van der Waals surface area contributed by atoms with Crippen molar-refractivity contribution in [2.24, 2.45) is 5.10 Å². The number of benzene rings is 3. The predicted molar refractivity (Wildman–Crippen MR) is 132 cm³/mol. The normalized spacial score (nSPS) is 14.6. The molecule has 1 aliphatic carbocycles. The van der Waals surface area contributed by atoms with E-state index in [0.29, 0.717) is 16.7 Å². The van der Waals surface area contributed by atoms with E-state index in [4.69, 9.17) is 9.72 Å². The molecule has 0 aliphatic heterocycles. The predicted octanol–water partition coefficient (Wildman–Crippen LogP) is 6.04. The molecule has 0 unspecified atom stereocenters. The minimum absolute atomic E-state index is 0.146. The van der Waals surface area contributed by atoms with Crippen molar-refractivity contribution in [2.75, 3.05) is 0 Å². The monoisotopic (exact) mass is 455 g/mol. The molecule has 1 saturated carbocycles. The van der Waals surface area contributed by atoms with Crippen molar-refractivity contribution in [3.8, 4) is 5.75 Å². The van der Waals surface area contributed by atoms with Crippen LogP contribution in [0.15, 0.2) is 82.7 Å². The zero-order valence-electron chi connectivity index (χ0n) is 18.9. The molecule has 0 saturated heterocycles. The summed E-state index contributed by atoms with van der Waals surface area (Å²) in [6.45, 7) is 0.156. The third kappa shape index (κ3) is 4.76. The molecule has 0 spiro atoms. The highest BCUT2D eigenvalue weighted by molar-refractivity contribution is 5.80. The van der Waals surface area contributed by atoms with Crippen LogP contribution in [0.5, 0.6) is 5.75 Å². The summed E-state index contributed by atoms with van der Waals surface area (Å²) in [4.78, 5) is 18.1. The summed E-state index contributed by atoms with van der Waals surface area (Å²) in [5.41, 5.74) is 1.91. The van der Waals surface area contributed by atoms with Crippen molar-refractivity contribution in [2.45, 2.75) is 44.6 Å². The molecular formula is C28H26FN3O2. The topological polar surface area (TPSA) is 56.5 Å². The first-order valence-corrected chi connectivity index (χ1v) is 11.7. The molecule has 0 atom stereocenters. The average Bonchev–Trinajstić information content (AvgIpc) is 2.89. The van der Waals surface area contributed by atoms with Crippen LogP contribution < -0.4 is 10.3 Å². The van der Waals surface area contributed by atoms with Crippen LogP contribution in [0.2, 0.25) is 0 Å². The molecule has 1 aliphatic rings. The van der Waals surface area contributed by atoms with Gasteiger partial charge in [0.05, 0.1) is 17.1 Å². The van der Waals surface area contributed by atoms with Crippen molar-refractivity contribution in [1.82, 2.24) is 9.66 Å². The molecule has 0 amide bonds. The van der Waals surface area contributed by atoms with Gasteiger partial charge in [0.15, 0.2) is 0 Å². The Morgan fingerprint density at radius 3 is 2.50 bits per heavy atom. The molecule has 0 N–H and O–H groups in total. The van der Waals surface area contributed by atoms with Gasteiger partial charge in [-0.15, -0.1) is 0 Å². The summed E-state index contributed by atoms with van der Waals surface area (Å²) < 4.78 is 21.0. The van der Waals surface area contributed by atoms with Gasteiger partial charge in [-0.1, -0.05) is 49.6 Å². The van der Waals surface area contributed by atoms with E-state index in [1.54, 1.807) is 30.5 Å². The molecule has 0 radical (unpaired) electrons. The Balaban J connectivity index is 1.39. The summed E-state index contributed by atoms with van der Waals surface area (Å²) in [6, 6.07) is 21.3. The van der Waals surface area contributed by atoms with Gasteiger partial charge in [0, 0.05) is 11.5 Å². The van der Waals surface area contributed by atoms with E-state index in [1.807, 2.05) is 42.5 Å². The van der Waals surface area contributed by atoms with Gasteiger partial charge in [-0.25, -0.2) is 9.37 Å². The van der Waals surface area contributed by atoms with Crippen molar-refractivity contribution in [1.29, 1.82) is 0 Å². The van der Waals surface area contributed by atoms with Crippen molar-refractivity contribution >= 4 is 17.1 Å². The van der Waals surface area contributed by atoms with Crippen LogP contribution >= 0.6 is 0 Å². The number of hydrogen-bond donors (Lipinski definition) is 0. The van der Waals surface area contributed by atoms with Gasteiger partial charge in [0.2, 0.25) is 0 Å². The van der Waals surface area contributed by atoms with Gasteiger partial charge in [-0.05, 0) is 60.9 Å². The van der Waals surface area contributed by atoms with Crippen LogP contribution in [0.25, 0.3) is 10.9 Å². The highest BCUT2D eigenvalue weighted by Gasteiger charge is 2.22. The average molecular weight is 456 g/mol. The molecule has 4 aromatic rings. The van der Waals surface area contributed by atoms with Crippen molar-refractivity contribution in [3.63, 3.8) is 0 Å². The first-order chi connectivity index (χ1) is 16.7. The summed E-state index contributed by atoms with van der Waals surface area (Å²) in [6.07, 6.45) is 7.23. The van der Waals surface area contributed by atoms with E-state index in [0.717, 1.165) is 42.6 Å². The van der Waals surface area contributed by atoms with Crippen LogP contribution in [0, 0.1) is 5.82 Å². The standard InChI is InChI=1S/C28H26FN3O2/c29-25-12-6-4-10-22(25)19-34-23-16-14-20(15-17-23)18-30-32-27(21-8-2-1-3-9-21)31-26-13-7-5-11-24(26)28(32)33/h4-7,10-18,21H,1-3,8-9,19H2. The van der Waals surface area contributed by atoms with Crippen molar-refractivity contribution in [3.05, 3.63) is 106 Å². The molecule has 172 valence electrons. The van der Waals surface area contributed by atoms with Gasteiger partial charge < -0.3 is 4.74 Å². The lowest BCUT2D eigenvalue weighted by molar-refractivity contribution is 0.300. The zero-order chi connectivity index (χ0) is 23.3. The van der Waals surface area contributed by atoms with Crippen LogP contribution in [0.1, 0.15) is 55.0 Å². The van der Waals surface area contributed by atoms with Crippen LogP contribution in [0.4, 0.5) is 4.39 Å². The van der Waals surface area contributed by atoms with Crippen LogP contribution in [0.3, 0.4) is 0 Å². The van der Waals surface area contributed by atoms with Crippen LogP contribution in [-0.4, -0.2) is 15.9 Å². The third-order valence-corrected chi connectivity index (χ3v) is 6.30. The first-order valence-electron chi connectivity index (χ1n) is 11.7. The van der Waals surface area contributed by atoms with E-state index < -0.39 is 0 Å². The Bertz CT molecular complexity index is 1370. The second-order valence-corrected chi connectivity index (χ2v) is 8.63. The molecule has 6 heteroatoms. The second kappa shape index (κ2) is 10.00. The Kier molecular flexibility index (Phi) is 6.47. The van der Waals surface area contributed by atoms with E-state index in [1.165, 1.54) is 17.2 Å². The molecule has 1 aromatic heterocycles. The Labute approximate surface area is 197 Å². The summed E-state index contributed by atoms with van der Waals surface area (Å²) in [7, 11) is 0. The van der Waals surface area contributed by atoms with Gasteiger partial charge >= 0.3 is 0 Å². The molecule has 3 aromatic carbocycles. The molecule has 0 bridgehead atoms. The molecular weight excluding hydrogens is 429 g/mol. The van der Waals surface area contributed by atoms with Gasteiger partial charge in [0.1, 0.15) is 24.0 Å². The van der Waals surface area contributed by atoms with Gasteiger partial charge in [-0.3, -0.25) is 4.79 Å². The maximum Gasteiger partial charge on any atom is 0.282 e. The third-order valence-electron chi connectivity index (χ3n) is 6.30. The Hall–Kier alpha value is -3.80. The quantitative estimate of drug-likeness (QED) is 0.333. The molecule has 1 heterocycles. The Morgan fingerprint density at radius 2 is 1.71 bits per heavy atom. The number of para-hydroxylation sites is 1. The smallest absolute Gasteiger partial charge is 0.282 e. The van der Waals surface area contributed by atoms with Gasteiger partial charge in [0.25, 0.3) is 5.56 Å². The summed E-state index contributed by atoms with van der Waals surface area (Å²) in [5, 5.41) is 5.13. The number of ether oxygens (including phenoxy) is 1. The van der Waals surface area contributed by atoms with E-state index in [9.17, 15) is 9.18 Å². The second-order valence-electron chi connectivity index (χ2n) is 8.63. The summed E-state index contributed by atoms with van der Waals surface area (Å²) in [5.74, 6) is 1.32. The highest BCUT2D eigenvalue weighted by atomic mass is 19.1. The van der Waals surface area contributed by atoms with E-state index in [2.05, 4.69) is 5.10 Å². The number of aromatic nitrogens is 2. The van der Waals surface area contributed by atoms with Gasteiger partial charge in [-0.2, -0.15) is 9.78 Å². The number of halogens is 1. The maximum absolute atomic E-state index is 13.8. The fourth-order valence-electron chi connectivity index (χ4n) is 4.43. The number of nitrogens with zero attached hydrogens (tertiary/aromatic N) is 3. The maximum atomic E-state index is 13.8. The fraction of sp³-hybridized carbons (Fsp3) is 0.250. The SMILES string of the molecule is O=c1c2ccccc2nc(C2CCCCC2)n1N=Cc1ccc(OCc2ccccc2F)cc1. The largest absolute Gasteiger partial charge is 0.489 e. The van der Waals surface area contributed by atoms with Crippen LogP contribution in [-0.2, 0) is 6.61 Å². The lowest BCUT2D eigenvalue weighted by atomic mass is 9.88. The Morgan fingerprint density at radius 1 is 0.971 bits per heavy atom. The lowest BCUT2D eigenvalue weighted by Gasteiger charge is -2.22. The molecule has 5 nitrogen and oxygen atoms in total. The fourth-order valence-corrected chi connectivity index (χ4v) is 4.43. The molecule has 34 heavy (non-hydrogen) atoms. The number of hydrogen-bond acceptors (Lipinski definition) is 4. The zero-order valence-corrected chi connectivity index (χ0v) is 18.9. The highest BCUT2D eigenvalue weighted by Crippen LogP contribution is 2.31. The molecule has 1 fully saturated rings. The number of fused-ring (bicyclic) bond motifs is 1. The first kappa shape index (κ1) is 22.0. The molecule has 5 rings (SSSR count). The van der Waals surface area contributed by atoms with Crippen molar-refractivity contribution < 1.29 is 9.13 Å². The summed E-state index contributed by atoms with van der Waals surface area (Å²) >= 11 is 0. The lowest BCUT2D eigenvalue weighted by Crippen LogP contribution is -2.25.